The highest BCUT2D eigenvalue weighted by Crippen LogP contribution is 2.02. The van der Waals surface area contributed by atoms with E-state index in [0.29, 0.717) is 0 Å². The summed E-state index contributed by atoms with van der Waals surface area (Å²) in [6, 6.07) is 0. The van der Waals surface area contributed by atoms with Crippen LogP contribution >= 0.6 is 0 Å². The van der Waals surface area contributed by atoms with Crippen molar-refractivity contribution in [2.24, 2.45) is 5.92 Å². The van der Waals surface area contributed by atoms with Crippen LogP contribution in [0.3, 0.4) is 0 Å². The molecule has 0 aromatic carbocycles. The summed E-state index contributed by atoms with van der Waals surface area (Å²) in [4.78, 5) is 0. The topological polar surface area (TPSA) is 34.1 Å². The van der Waals surface area contributed by atoms with Gasteiger partial charge in [-0.15, -0.1) is 6.42 Å². The van der Waals surface area contributed by atoms with Crippen molar-refractivity contribution in [1.29, 1.82) is 0 Å². The Kier molecular flexibility index (Phi) is 3.33. The van der Waals surface area contributed by atoms with Crippen molar-refractivity contribution in [3.05, 3.63) is 0 Å². The van der Waals surface area contributed by atoms with E-state index in [1.807, 2.05) is 0 Å². The Morgan fingerprint density at radius 1 is 1.44 bits per heavy atom. The van der Waals surface area contributed by atoms with E-state index in [4.69, 9.17) is 6.42 Å². The summed E-state index contributed by atoms with van der Waals surface area (Å²) in [5.41, 5.74) is 0. The van der Waals surface area contributed by atoms with Gasteiger partial charge in [0.2, 0.25) is 0 Å². The van der Waals surface area contributed by atoms with Crippen LogP contribution in [0, 0.1) is 18.3 Å². The molecule has 0 bridgehead atoms. The second-order valence-electron chi connectivity index (χ2n) is 2.14. The van der Waals surface area contributed by atoms with Crippen LogP contribution in [0.15, 0.2) is 0 Å². The SMILES string of the molecule is C#CC(C(C)C)[SH](=O)=O. The molecule has 1 unspecified atom stereocenters. The van der Waals surface area contributed by atoms with Crippen LogP contribution in [0.1, 0.15) is 13.8 Å². The lowest BCUT2D eigenvalue weighted by Crippen LogP contribution is -2.14. The van der Waals surface area contributed by atoms with Gasteiger partial charge in [0.25, 0.3) is 0 Å². The third-order valence-corrected chi connectivity index (χ3v) is 2.23. The van der Waals surface area contributed by atoms with Gasteiger partial charge in [-0.05, 0) is 5.92 Å². The molecule has 0 aromatic rings. The van der Waals surface area contributed by atoms with E-state index in [0.717, 1.165) is 0 Å². The molecule has 0 fully saturated rings. The fourth-order valence-electron chi connectivity index (χ4n) is 0.497. The fourth-order valence-corrected chi connectivity index (χ4v) is 1.11. The first-order valence-electron chi connectivity index (χ1n) is 2.69. The molecule has 0 N–H and O–H groups in total. The molecular formula is C6H10O2S. The molecule has 2 nitrogen and oxygen atoms in total. The van der Waals surface area contributed by atoms with Crippen molar-refractivity contribution in [2.75, 3.05) is 0 Å². The summed E-state index contributed by atoms with van der Waals surface area (Å²) in [6.45, 7) is 3.57. The summed E-state index contributed by atoms with van der Waals surface area (Å²) in [6.07, 6.45) is 4.94. The van der Waals surface area contributed by atoms with E-state index >= 15 is 0 Å². The molecule has 0 rings (SSSR count). The van der Waals surface area contributed by atoms with Gasteiger partial charge >= 0.3 is 0 Å². The largest absolute Gasteiger partial charge is 0.231 e. The standard InChI is InChI=1S/C6H10O2S/c1-4-6(5(2)3)9(7)8/h1,5-6,9H,2-3H3. The Morgan fingerprint density at radius 3 is 1.89 bits per heavy atom. The average Bonchev–Trinajstić information content (AvgIpc) is 1.64. The molecule has 0 aliphatic rings. The zero-order valence-electron chi connectivity index (χ0n) is 5.50. The van der Waals surface area contributed by atoms with E-state index in [1.54, 1.807) is 13.8 Å². The lowest BCUT2D eigenvalue weighted by Gasteiger charge is -2.04. The second kappa shape index (κ2) is 3.52. The van der Waals surface area contributed by atoms with Crippen molar-refractivity contribution in [1.82, 2.24) is 0 Å². The summed E-state index contributed by atoms with van der Waals surface area (Å²) in [5.74, 6) is 2.23. The van der Waals surface area contributed by atoms with Crippen LogP contribution in [0.25, 0.3) is 0 Å². The predicted molar refractivity (Wildman–Crippen MR) is 37.8 cm³/mol. The van der Waals surface area contributed by atoms with Crippen LogP contribution in [-0.2, 0) is 10.7 Å². The number of hydrogen-bond acceptors (Lipinski definition) is 2. The lowest BCUT2D eigenvalue weighted by molar-refractivity contribution is 0.584. The monoisotopic (exact) mass is 146 g/mol. The van der Waals surface area contributed by atoms with Crippen molar-refractivity contribution >= 4 is 10.7 Å². The molecule has 52 valence electrons. The molecule has 0 aliphatic carbocycles. The zero-order valence-corrected chi connectivity index (χ0v) is 6.39. The summed E-state index contributed by atoms with van der Waals surface area (Å²) >= 11 is 0. The van der Waals surface area contributed by atoms with E-state index in [-0.39, 0.29) is 5.92 Å². The maximum Gasteiger partial charge on any atom is 0.154 e. The Morgan fingerprint density at radius 2 is 1.89 bits per heavy atom. The fraction of sp³-hybridized carbons (Fsp3) is 0.667. The second-order valence-corrected chi connectivity index (χ2v) is 3.27. The molecule has 0 radical (unpaired) electrons. The Bertz CT molecular complexity index is 178. The van der Waals surface area contributed by atoms with Gasteiger partial charge in [0.05, 0.1) is 0 Å². The maximum absolute atomic E-state index is 10.3. The lowest BCUT2D eigenvalue weighted by atomic mass is 10.1. The molecule has 0 saturated heterocycles. The van der Waals surface area contributed by atoms with Crippen LogP contribution in [0.2, 0.25) is 0 Å². The van der Waals surface area contributed by atoms with Crippen LogP contribution < -0.4 is 0 Å². The molecule has 1 atom stereocenters. The van der Waals surface area contributed by atoms with Gasteiger partial charge in [0.1, 0.15) is 5.25 Å². The molecule has 0 saturated carbocycles. The number of hydrogen-bond donors (Lipinski definition) is 1. The minimum absolute atomic E-state index is 0.0242. The highest BCUT2D eigenvalue weighted by Gasteiger charge is 2.11. The normalized spacial score (nSPS) is 13.7. The molecule has 0 aromatic heterocycles. The van der Waals surface area contributed by atoms with E-state index in [1.165, 1.54) is 0 Å². The van der Waals surface area contributed by atoms with Gasteiger partial charge in [-0.25, -0.2) is 8.42 Å². The highest BCUT2D eigenvalue weighted by atomic mass is 32.2. The van der Waals surface area contributed by atoms with Gasteiger partial charge < -0.3 is 0 Å². The molecule has 3 heteroatoms. The number of rotatable bonds is 2. The maximum atomic E-state index is 10.3. The van der Waals surface area contributed by atoms with Gasteiger partial charge in [-0.2, -0.15) is 0 Å². The van der Waals surface area contributed by atoms with Crippen LogP contribution in [0.4, 0.5) is 0 Å². The summed E-state index contributed by atoms with van der Waals surface area (Å²) < 4.78 is 20.5. The summed E-state index contributed by atoms with van der Waals surface area (Å²) in [5, 5.41) is -0.597. The van der Waals surface area contributed by atoms with E-state index in [2.05, 4.69) is 5.92 Å². The highest BCUT2D eigenvalue weighted by molar-refractivity contribution is 7.73. The molecular weight excluding hydrogens is 136 g/mol. The molecule has 9 heavy (non-hydrogen) atoms. The van der Waals surface area contributed by atoms with Gasteiger partial charge in [-0.1, -0.05) is 19.8 Å². The average molecular weight is 146 g/mol. The minimum Gasteiger partial charge on any atom is -0.231 e. The number of terminal acetylenes is 1. The van der Waals surface area contributed by atoms with Crippen molar-refractivity contribution in [2.45, 2.75) is 19.1 Å². The Balaban J connectivity index is 4.22. The third kappa shape index (κ3) is 2.52. The van der Waals surface area contributed by atoms with Crippen molar-refractivity contribution in [3.63, 3.8) is 0 Å². The smallest absolute Gasteiger partial charge is 0.154 e. The van der Waals surface area contributed by atoms with E-state index in [9.17, 15) is 8.42 Å². The first kappa shape index (κ1) is 8.51. The Labute approximate surface area is 57.2 Å². The van der Waals surface area contributed by atoms with E-state index < -0.39 is 16.0 Å². The van der Waals surface area contributed by atoms with Gasteiger partial charge in [-0.3, -0.25) is 0 Å². The molecule has 0 aliphatic heterocycles. The zero-order chi connectivity index (χ0) is 7.44. The van der Waals surface area contributed by atoms with Crippen LogP contribution in [-0.4, -0.2) is 13.7 Å². The predicted octanol–water partition coefficient (Wildman–Crippen LogP) is 0.256. The van der Waals surface area contributed by atoms with Gasteiger partial charge in [0, 0.05) is 0 Å². The summed E-state index contributed by atoms with van der Waals surface area (Å²) in [7, 11) is -2.44. The minimum atomic E-state index is -2.44. The first-order valence-corrected chi connectivity index (χ1v) is 3.94. The number of thiol groups is 1. The van der Waals surface area contributed by atoms with Crippen LogP contribution in [0.5, 0.6) is 0 Å². The molecule has 0 heterocycles. The quantitative estimate of drug-likeness (QED) is 0.448. The first-order chi connectivity index (χ1) is 4.09. The molecule has 0 spiro atoms. The van der Waals surface area contributed by atoms with Gasteiger partial charge in [0.15, 0.2) is 10.7 Å². The third-order valence-electron chi connectivity index (χ3n) is 1.03. The Hall–Kier alpha value is -0.490. The van der Waals surface area contributed by atoms with Crippen molar-refractivity contribution < 1.29 is 8.42 Å². The van der Waals surface area contributed by atoms with Crippen molar-refractivity contribution in [3.8, 4) is 12.3 Å². The molecule has 0 amide bonds.